The van der Waals surface area contributed by atoms with Gasteiger partial charge in [0.2, 0.25) is 0 Å². The number of benzene rings is 1. The van der Waals surface area contributed by atoms with Crippen LogP contribution in [0.1, 0.15) is 0 Å². The van der Waals surface area contributed by atoms with Crippen LogP contribution in [-0.4, -0.2) is 15.0 Å². The van der Waals surface area contributed by atoms with E-state index in [2.05, 4.69) is 0 Å². The molecule has 10 heavy (non-hydrogen) atoms. The van der Waals surface area contributed by atoms with Crippen molar-refractivity contribution in [3.63, 3.8) is 0 Å². The fourth-order valence-corrected chi connectivity index (χ4v) is 1.10. The highest BCUT2D eigenvalue weighted by Gasteiger charge is 1.93. The zero-order valence-electron chi connectivity index (χ0n) is 6.02. The van der Waals surface area contributed by atoms with Crippen LogP contribution in [0.2, 0.25) is 5.02 Å². The fourth-order valence-electron chi connectivity index (χ4n) is 0.821. The van der Waals surface area contributed by atoms with Gasteiger partial charge < -0.3 is 4.74 Å². The van der Waals surface area contributed by atoms with Crippen molar-refractivity contribution < 1.29 is 4.74 Å². The number of hydrogen-bond donors (Lipinski definition) is 0. The molecule has 0 unspecified atom stereocenters. The molecular weight excluding hydrogens is 146 g/mol. The molecule has 0 saturated carbocycles. The highest BCUT2D eigenvalue weighted by atomic mass is 35.5. The lowest BCUT2D eigenvalue weighted by Crippen LogP contribution is -2.01. The Bertz CT molecular complexity index is 217. The summed E-state index contributed by atoms with van der Waals surface area (Å²) in [5, 5.41) is 0.719. The Morgan fingerprint density at radius 2 is 2.10 bits per heavy atom. The molecule has 0 aromatic heterocycles. The largest absolute Gasteiger partial charge is 0.497 e. The zero-order chi connectivity index (χ0) is 7.56. The molecule has 0 saturated heterocycles. The first-order valence-electron chi connectivity index (χ1n) is 3.03. The van der Waals surface area contributed by atoms with E-state index in [0.717, 1.165) is 16.2 Å². The Morgan fingerprint density at radius 1 is 1.40 bits per heavy atom. The molecule has 0 fully saturated rings. The second kappa shape index (κ2) is 2.97. The van der Waals surface area contributed by atoms with E-state index in [0.29, 0.717) is 0 Å². The summed E-state index contributed by atoms with van der Waals surface area (Å²) < 4.78 is 4.99. The van der Waals surface area contributed by atoms with Crippen molar-refractivity contribution in [3.8, 4) is 5.75 Å². The summed E-state index contributed by atoms with van der Waals surface area (Å²) in [5.41, 5.74) is 1.12. The Morgan fingerprint density at radius 3 is 2.60 bits per heavy atom. The van der Waals surface area contributed by atoms with Gasteiger partial charge in [-0.2, -0.15) is 0 Å². The van der Waals surface area contributed by atoms with Crippen molar-refractivity contribution in [1.29, 1.82) is 0 Å². The molecule has 1 aromatic rings. The predicted molar refractivity (Wildman–Crippen MR) is 46.2 cm³/mol. The van der Waals surface area contributed by atoms with E-state index in [1.54, 1.807) is 13.2 Å². The van der Waals surface area contributed by atoms with Gasteiger partial charge >= 0.3 is 0 Å². The average Bonchev–Trinajstić information content (AvgIpc) is 1.85. The molecule has 0 aliphatic carbocycles. The standard InChI is InChI=1S/C7H8BClO/c1-10-7-3-5(8)2-6(9)4-7/h2-4H,8H2,1H3. The van der Waals surface area contributed by atoms with E-state index in [9.17, 15) is 0 Å². The monoisotopic (exact) mass is 154 g/mol. The lowest BCUT2D eigenvalue weighted by Gasteiger charge is -2.00. The Kier molecular flexibility index (Phi) is 2.23. The highest BCUT2D eigenvalue weighted by Crippen LogP contribution is 2.14. The summed E-state index contributed by atoms with van der Waals surface area (Å²) >= 11 is 5.75. The number of hydrogen-bond acceptors (Lipinski definition) is 1. The van der Waals surface area contributed by atoms with Gasteiger partial charge in [0, 0.05) is 5.02 Å². The molecule has 0 aliphatic rings. The van der Waals surface area contributed by atoms with Gasteiger partial charge in [-0.25, -0.2) is 0 Å². The molecule has 0 atom stereocenters. The van der Waals surface area contributed by atoms with Gasteiger partial charge in [0.1, 0.15) is 13.6 Å². The number of halogens is 1. The van der Waals surface area contributed by atoms with Crippen molar-refractivity contribution in [1.82, 2.24) is 0 Å². The molecule has 0 spiro atoms. The summed E-state index contributed by atoms with van der Waals surface area (Å²) in [4.78, 5) is 0. The van der Waals surface area contributed by atoms with Crippen molar-refractivity contribution in [3.05, 3.63) is 23.2 Å². The Labute approximate surface area is 66.4 Å². The maximum Gasteiger partial charge on any atom is 0.139 e. The maximum atomic E-state index is 5.75. The van der Waals surface area contributed by atoms with Gasteiger partial charge in [-0.1, -0.05) is 17.1 Å². The van der Waals surface area contributed by atoms with Gasteiger partial charge in [-0.05, 0) is 18.2 Å². The van der Waals surface area contributed by atoms with Crippen LogP contribution in [0.15, 0.2) is 18.2 Å². The predicted octanol–water partition coefficient (Wildman–Crippen LogP) is 0.607. The fraction of sp³-hybridized carbons (Fsp3) is 0.143. The zero-order valence-corrected chi connectivity index (χ0v) is 6.77. The number of ether oxygens (including phenoxy) is 1. The summed E-state index contributed by atoms with van der Waals surface area (Å²) in [6.07, 6.45) is 0. The van der Waals surface area contributed by atoms with Gasteiger partial charge in [-0.15, -0.1) is 0 Å². The topological polar surface area (TPSA) is 9.23 Å². The van der Waals surface area contributed by atoms with E-state index < -0.39 is 0 Å². The molecule has 0 heterocycles. The molecule has 1 nitrogen and oxygen atoms in total. The van der Waals surface area contributed by atoms with Crippen LogP contribution < -0.4 is 10.2 Å². The molecule has 1 rings (SSSR count). The van der Waals surface area contributed by atoms with Crippen molar-refractivity contribution in [2.45, 2.75) is 0 Å². The third-order valence-corrected chi connectivity index (χ3v) is 1.47. The van der Waals surface area contributed by atoms with Crippen LogP contribution in [0.4, 0.5) is 0 Å². The van der Waals surface area contributed by atoms with Gasteiger partial charge in [0.15, 0.2) is 0 Å². The highest BCUT2D eigenvalue weighted by molar-refractivity contribution is 6.36. The lowest BCUT2D eigenvalue weighted by molar-refractivity contribution is 0.415. The van der Waals surface area contributed by atoms with E-state index in [1.165, 1.54) is 0 Å². The van der Waals surface area contributed by atoms with Crippen LogP contribution in [0.3, 0.4) is 0 Å². The molecule has 3 heteroatoms. The van der Waals surface area contributed by atoms with Crippen molar-refractivity contribution in [2.75, 3.05) is 7.11 Å². The summed E-state index contributed by atoms with van der Waals surface area (Å²) in [7, 11) is 3.61. The first-order valence-corrected chi connectivity index (χ1v) is 3.41. The minimum atomic E-state index is 0.719. The maximum absolute atomic E-state index is 5.75. The normalized spacial score (nSPS) is 9.40. The molecular formula is C7H8BClO. The molecule has 0 radical (unpaired) electrons. The van der Waals surface area contributed by atoms with E-state index in [-0.39, 0.29) is 0 Å². The molecule has 0 aliphatic heterocycles. The Balaban J connectivity index is 3.06. The summed E-state index contributed by atoms with van der Waals surface area (Å²) in [6.45, 7) is 0. The van der Waals surface area contributed by atoms with Crippen LogP contribution in [0.25, 0.3) is 0 Å². The third kappa shape index (κ3) is 1.68. The lowest BCUT2D eigenvalue weighted by atomic mass is 9.96. The average molecular weight is 154 g/mol. The van der Waals surface area contributed by atoms with E-state index in [4.69, 9.17) is 16.3 Å². The van der Waals surface area contributed by atoms with Gasteiger partial charge in [0.25, 0.3) is 0 Å². The van der Waals surface area contributed by atoms with Crippen molar-refractivity contribution in [2.24, 2.45) is 0 Å². The molecule has 0 amide bonds. The second-order valence-corrected chi connectivity index (χ2v) is 2.60. The molecule has 0 N–H and O–H groups in total. The second-order valence-electron chi connectivity index (χ2n) is 2.17. The minimum Gasteiger partial charge on any atom is -0.497 e. The van der Waals surface area contributed by atoms with Gasteiger partial charge in [0.05, 0.1) is 7.11 Å². The van der Waals surface area contributed by atoms with Crippen LogP contribution in [-0.2, 0) is 0 Å². The minimum absolute atomic E-state index is 0.719. The number of rotatable bonds is 1. The quantitative estimate of drug-likeness (QED) is 0.539. The van der Waals surface area contributed by atoms with Gasteiger partial charge in [-0.3, -0.25) is 0 Å². The van der Waals surface area contributed by atoms with Crippen LogP contribution in [0.5, 0.6) is 5.75 Å². The SMILES string of the molecule is Bc1cc(Cl)cc(OC)c1. The van der Waals surface area contributed by atoms with Crippen LogP contribution in [0, 0.1) is 0 Å². The summed E-state index contributed by atoms with van der Waals surface area (Å²) in [5.74, 6) is 0.810. The molecule has 1 aromatic carbocycles. The van der Waals surface area contributed by atoms with E-state index in [1.807, 2.05) is 20.0 Å². The third-order valence-electron chi connectivity index (χ3n) is 1.25. The summed E-state index contributed by atoms with van der Waals surface area (Å²) in [6, 6.07) is 5.62. The first kappa shape index (κ1) is 7.48. The van der Waals surface area contributed by atoms with Crippen LogP contribution >= 0.6 is 11.6 Å². The van der Waals surface area contributed by atoms with Crippen molar-refractivity contribution >= 4 is 24.9 Å². The van der Waals surface area contributed by atoms with E-state index >= 15 is 0 Å². The number of methoxy groups -OCH3 is 1. The Hall–Kier alpha value is -0.625. The first-order chi connectivity index (χ1) is 4.72. The smallest absolute Gasteiger partial charge is 0.139 e. The molecule has 0 bridgehead atoms. The molecule has 52 valence electrons.